The molecule has 0 amide bonds. The number of rotatable bonds is 6. The number of nitrogens with zero attached hydrogens (tertiary/aromatic N) is 3. The Morgan fingerprint density at radius 1 is 1.26 bits per heavy atom. The fourth-order valence-electron chi connectivity index (χ4n) is 2.73. The molecule has 2 aromatic rings. The Balaban J connectivity index is 2.35. The monoisotopic (exact) mass is 319 g/mol. The fraction of sp³-hybridized carbons (Fsp3) is 0.611. The zero-order valence-electron chi connectivity index (χ0n) is 15.1. The molecule has 1 atom stereocenters. The first-order valence-electron chi connectivity index (χ1n) is 8.31. The van der Waals surface area contributed by atoms with Gasteiger partial charge in [-0.1, -0.05) is 32.9 Å². The minimum absolute atomic E-state index is 0.173. The number of hydrogen-bond donors (Lipinski definition) is 2. The second-order valence-corrected chi connectivity index (χ2v) is 7.65. The van der Waals surface area contributed by atoms with Gasteiger partial charge in [0.25, 0.3) is 0 Å². The summed E-state index contributed by atoms with van der Waals surface area (Å²) in [5.74, 6) is 0.716. The molecular weight excluding hydrogens is 288 g/mol. The zero-order valence-corrected chi connectivity index (χ0v) is 15.1. The number of aryl methyl sites for hydroxylation is 1. The molecule has 0 aliphatic heterocycles. The van der Waals surface area contributed by atoms with Crippen molar-refractivity contribution in [2.24, 2.45) is 5.41 Å². The van der Waals surface area contributed by atoms with Crippen LogP contribution in [0, 0.1) is 5.41 Å². The Morgan fingerprint density at radius 3 is 2.52 bits per heavy atom. The molecule has 1 heterocycles. The molecular formula is C18H31N4O+. The Labute approximate surface area is 139 Å². The van der Waals surface area contributed by atoms with Crippen molar-refractivity contribution in [3.05, 3.63) is 24.3 Å². The molecule has 0 aliphatic carbocycles. The Kier molecular flexibility index (Phi) is 5.32. The third-order valence-electron chi connectivity index (χ3n) is 4.36. The van der Waals surface area contributed by atoms with E-state index in [0.29, 0.717) is 12.5 Å². The van der Waals surface area contributed by atoms with E-state index in [1.807, 2.05) is 37.5 Å². The van der Waals surface area contributed by atoms with Crippen molar-refractivity contribution in [1.29, 1.82) is 0 Å². The largest absolute Gasteiger partial charge is 0.389 e. The van der Waals surface area contributed by atoms with Crippen LogP contribution in [0.4, 0.5) is 5.95 Å². The third kappa shape index (κ3) is 4.03. The number of fused-ring (bicyclic) bond motifs is 1. The van der Waals surface area contributed by atoms with Crippen LogP contribution in [-0.4, -0.2) is 41.3 Å². The van der Waals surface area contributed by atoms with E-state index in [9.17, 15) is 5.11 Å². The molecule has 0 saturated heterocycles. The minimum atomic E-state index is -0.448. The number of benzene rings is 1. The first kappa shape index (κ1) is 17.8. The molecule has 1 aromatic carbocycles. The highest BCUT2D eigenvalue weighted by Gasteiger charge is 2.28. The van der Waals surface area contributed by atoms with E-state index in [2.05, 4.69) is 35.7 Å². The lowest BCUT2D eigenvalue weighted by Gasteiger charge is -2.24. The molecule has 0 radical (unpaired) electrons. The van der Waals surface area contributed by atoms with E-state index in [1.165, 1.54) is 0 Å². The van der Waals surface area contributed by atoms with Crippen molar-refractivity contribution < 1.29 is 9.67 Å². The predicted octanol–water partition coefficient (Wildman–Crippen LogP) is 1.87. The summed E-state index contributed by atoms with van der Waals surface area (Å²) >= 11 is 0. The van der Waals surface area contributed by atoms with Crippen LogP contribution in [0.25, 0.3) is 11.0 Å². The molecule has 0 aliphatic rings. The van der Waals surface area contributed by atoms with Crippen molar-refractivity contribution in [3.8, 4) is 0 Å². The van der Waals surface area contributed by atoms with Gasteiger partial charge in [0.2, 0.25) is 0 Å². The lowest BCUT2D eigenvalue weighted by Crippen LogP contribution is -2.46. The molecule has 128 valence electrons. The summed E-state index contributed by atoms with van der Waals surface area (Å²) in [5.41, 5.74) is 8.46. The van der Waals surface area contributed by atoms with E-state index in [4.69, 9.17) is 5.73 Å². The number of imidazole rings is 1. The van der Waals surface area contributed by atoms with E-state index in [-0.39, 0.29) is 5.41 Å². The Hall–Kier alpha value is -1.59. The van der Waals surface area contributed by atoms with Crippen molar-refractivity contribution in [2.75, 3.05) is 26.4 Å². The molecule has 0 bridgehead atoms. The van der Waals surface area contributed by atoms with Gasteiger partial charge in [-0.3, -0.25) is 5.73 Å². The first-order valence-corrected chi connectivity index (χ1v) is 8.31. The normalized spacial score (nSPS) is 13.9. The predicted molar refractivity (Wildman–Crippen MR) is 95.2 cm³/mol. The second kappa shape index (κ2) is 6.89. The van der Waals surface area contributed by atoms with Crippen LogP contribution in [0.5, 0.6) is 0 Å². The van der Waals surface area contributed by atoms with Crippen LogP contribution >= 0.6 is 0 Å². The van der Waals surface area contributed by atoms with Crippen LogP contribution in [-0.2, 0) is 13.1 Å². The quantitative estimate of drug-likeness (QED) is 0.799. The number of aromatic nitrogens is 2. The number of anilines is 1. The highest BCUT2D eigenvalue weighted by atomic mass is 16.3. The Morgan fingerprint density at radius 2 is 1.91 bits per heavy atom. The summed E-state index contributed by atoms with van der Waals surface area (Å²) in [6, 6.07) is 8.23. The lowest BCUT2D eigenvalue weighted by molar-refractivity contribution is -0.667. The van der Waals surface area contributed by atoms with Crippen molar-refractivity contribution >= 4 is 17.0 Å². The molecule has 0 saturated carbocycles. The molecule has 5 nitrogen and oxygen atoms in total. The van der Waals surface area contributed by atoms with E-state index in [0.717, 1.165) is 30.5 Å². The van der Waals surface area contributed by atoms with Crippen molar-refractivity contribution in [3.63, 3.8) is 0 Å². The molecule has 3 N–H and O–H groups in total. The average molecular weight is 319 g/mol. The van der Waals surface area contributed by atoms with Gasteiger partial charge in [0.1, 0.15) is 11.0 Å². The fourth-order valence-corrected chi connectivity index (χ4v) is 2.73. The Bertz CT molecular complexity index is 655. The number of nitrogens with two attached hydrogens (primary N) is 1. The van der Waals surface area contributed by atoms with Crippen LogP contribution < -0.4 is 10.3 Å². The summed E-state index contributed by atoms with van der Waals surface area (Å²) in [6.45, 7) is 8.55. The minimum Gasteiger partial charge on any atom is -0.389 e. The maximum Gasteiger partial charge on any atom is 0.356 e. The molecule has 0 fully saturated rings. The standard InChI is InChI=1S/C18H30N4O/c1-18(2,3)16(23)13-22-15-10-7-6-9-14(15)21(17(22)19)12-8-11-20(4)5/h6-7,9-10,16,19,23H,8,11-13H2,1-5H3/p+1. The molecule has 1 aromatic heterocycles. The van der Waals surface area contributed by atoms with Crippen LogP contribution in [0.15, 0.2) is 24.3 Å². The zero-order chi connectivity index (χ0) is 17.2. The molecule has 1 unspecified atom stereocenters. The van der Waals surface area contributed by atoms with Crippen LogP contribution in [0.1, 0.15) is 27.2 Å². The van der Waals surface area contributed by atoms with Gasteiger partial charge in [0, 0.05) is 6.54 Å². The number of hydrogen-bond acceptors (Lipinski definition) is 3. The van der Waals surface area contributed by atoms with Gasteiger partial charge in [-0.25, -0.2) is 9.13 Å². The van der Waals surface area contributed by atoms with Crippen molar-refractivity contribution in [2.45, 2.75) is 46.4 Å². The van der Waals surface area contributed by atoms with Gasteiger partial charge in [0.05, 0.1) is 19.2 Å². The summed E-state index contributed by atoms with van der Waals surface area (Å²) in [6.07, 6.45) is 0.591. The summed E-state index contributed by atoms with van der Waals surface area (Å²) in [5, 5.41) is 10.5. The third-order valence-corrected chi connectivity index (χ3v) is 4.36. The van der Waals surface area contributed by atoms with Crippen molar-refractivity contribution in [1.82, 2.24) is 9.47 Å². The number of para-hydroxylation sites is 2. The summed E-state index contributed by atoms with van der Waals surface area (Å²) in [4.78, 5) is 2.18. The number of aliphatic hydroxyl groups excluding tert-OH is 1. The topological polar surface area (TPSA) is 58.3 Å². The summed E-state index contributed by atoms with van der Waals surface area (Å²) < 4.78 is 4.20. The lowest BCUT2D eigenvalue weighted by atomic mass is 9.89. The molecule has 0 spiro atoms. The highest BCUT2D eigenvalue weighted by molar-refractivity contribution is 5.73. The summed E-state index contributed by atoms with van der Waals surface area (Å²) in [7, 11) is 4.16. The van der Waals surface area contributed by atoms with Gasteiger partial charge >= 0.3 is 5.95 Å². The first-order chi connectivity index (χ1) is 10.7. The second-order valence-electron chi connectivity index (χ2n) is 7.65. The van der Waals surface area contributed by atoms with Crippen LogP contribution in [0.3, 0.4) is 0 Å². The van der Waals surface area contributed by atoms with E-state index < -0.39 is 6.10 Å². The smallest absolute Gasteiger partial charge is 0.356 e. The number of aliphatic hydroxyl groups is 1. The maximum absolute atomic E-state index is 10.5. The average Bonchev–Trinajstić information content (AvgIpc) is 2.71. The van der Waals surface area contributed by atoms with Gasteiger partial charge in [-0.15, -0.1) is 0 Å². The van der Waals surface area contributed by atoms with E-state index >= 15 is 0 Å². The van der Waals surface area contributed by atoms with Crippen LogP contribution in [0.2, 0.25) is 0 Å². The van der Waals surface area contributed by atoms with Gasteiger partial charge in [-0.05, 0) is 38.1 Å². The maximum atomic E-state index is 10.5. The molecule has 5 heteroatoms. The molecule has 23 heavy (non-hydrogen) atoms. The number of nitrogen functional groups attached to an aromatic ring is 1. The van der Waals surface area contributed by atoms with Gasteiger partial charge in [-0.2, -0.15) is 0 Å². The van der Waals surface area contributed by atoms with Gasteiger partial charge in [0.15, 0.2) is 0 Å². The van der Waals surface area contributed by atoms with Gasteiger partial charge < -0.3 is 10.0 Å². The van der Waals surface area contributed by atoms with E-state index in [1.54, 1.807) is 0 Å². The highest BCUT2D eigenvalue weighted by Crippen LogP contribution is 2.22. The molecule has 2 rings (SSSR count). The SMILES string of the molecule is CN(C)CCCn1c(N)[n+](CC(O)C(C)(C)C)c2ccccc21.